The maximum absolute atomic E-state index is 12.9. The number of rotatable bonds is 11. The number of halogens is 2. The number of nitriles is 1. The third kappa shape index (κ3) is 6.64. The van der Waals surface area contributed by atoms with Crippen molar-refractivity contribution in [1.82, 2.24) is 0 Å². The van der Waals surface area contributed by atoms with Crippen LogP contribution in [0.3, 0.4) is 0 Å². The molecule has 0 saturated heterocycles. The average molecular weight is 597 g/mol. The van der Waals surface area contributed by atoms with E-state index in [0.29, 0.717) is 41.8 Å². The van der Waals surface area contributed by atoms with E-state index in [2.05, 4.69) is 13.0 Å². The van der Waals surface area contributed by atoms with Gasteiger partial charge < -0.3 is 29.4 Å². The Kier molecular flexibility index (Phi) is 9.87. The van der Waals surface area contributed by atoms with Crippen molar-refractivity contribution in [3.05, 3.63) is 86.7 Å². The zero-order chi connectivity index (χ0) is 29.5. The van der Waals surface area contributed by atoms with E-state index in [0.717, 1.165) is 24.8 Å². The predicted molar refractivity (Wildman–Crippen MR) is 156 cm³/mol. The Bertz CT molecular complexity index is 1490. The maximum atomic E-state index is 12.9. The molecule has 0 aromatic heterocycles. The van der Waals surface area contributed by atoms with Crippen molar-refractivity contribution in [1.29, 1.82) is 5.26 Å². The number of fused-ring (bicyclic) bond motifs is 1. The van der Waals surface area contributed by atoms with Crippen LogP contribution in [0.5, 0.6) is 28.7 Å². The minimum atomic E-state index is -0.676. The summed E-state index contributed by atoms with van der Waals surface area (Å²) in [5, 5.41) is 10.3. The highest BCUT2D eigenvalue weighted by Gasteiger charge is 2.32. The number of nitrogens with zero attached hydrogens (tertiary/aromatic N) is 1. The summed E-state index contributed by atoms with van der Waals surface area (Å²) in [6, 6.07) is 15.4. The van der Waals surface area contributed by atoms with Crippen LogP contribution >= 0.6 is 23.2 Å². The third-order valence-electron chi connectivity index (χ3n) is 6.45. The fraction of sp³-hybridized carbons (Fsp3) is 0.290. The number of esters is 1. The van der Waals surface area contributed by atoms with E-state index in [1.807, 2.05) is 18.2 Å². The molecule has 0 radical (unpaired) electrons. The number of nitrogens with two attached hydrogens (primary N) is 1. The van der Waals surface area contributed by atoms with Gasteiger partial charge in [0, 0.05) is 11.6 Å². The van der Waals surface area contributed by atoms with Crippen LogP contribution in [0.2, 0.25) is 10.0 Å². The number of unbranched alkanes of at least 4 members (excludes halogenated alkanes) is 2. The molecule has 214 valence electrons. The van der Waals surface area contributed by atoms with Crippen LogP contribution in [0.15, 0.2) is 60.0 Å². The van der Waals surface area contributed by atoms with E-state index in [4.69, 9.17) is 52.6 Å². The summed E-state index contributed by atoms with van der Waals surface area (Å²) in [5.41, 5.74) is 8.00. The maximum Gasteiger partial charge on any atom is 0.343 e. The number of carbonyl (C=O) groups is 1. The van der Waals surface area contributed by atoms with Crippen LogP contribution < -0.4 is 29.4 Å². The van der Waals surface area contributed by atoms with Gasteiger partial charge in [-0.3, -0.25) is 0 Å². The lowest BCUT2D eigenvalue weighted by atomic mass is 9.83. The predicted octanol–water partition coefficient (Wildman–Crippen LogP) is 7.41. The SMILES string of the molecule is CCCCCOc1ccc(C2C(C#N)=C(N)Oc3cc(OC(=O)c4cc(Cl)c(OCC)c(Cl)c4)ccc32)cc1OC. The molecule has 8 nitrogen and oxygen atoms in total. The van der Waals surface area contributed by atoms with Crippen LogP contribution in [-0.2, 0) is 0 Å². The van der Waals surface area contributed by atoms with Crippen molar-refractivity contribution < 1.29 is 28.5 Å². The first-order valence-corrected chi connectivity index (χ1v) is 13.9. The summed E-state index contributed by atoms with van der Waals surface area (Å²) >= 11 is 12.5. The summed E-state index contributed by atoms with van der Waals surface area (Å²) in [7, 11) is 1.57. The Morgan fingerprint density at radius 2 is 1.78 bits per heavy atom. The Labute approximate surface area is 249 Å². The van der Waals surface area contributed by atoms with Gasteiger partial charge in [-0.05, 0) is 49.2 Å². The number of hydrogen-bond donors (Lipinski definition) is 1. The minimum Gasteiger partial charge on any atom is -0.493 e. The summed E-state index contributed by atoms with van der Waals surface area (Å²) in [5.74, 6) is 0.743. The van der Waals surface area contributed by atoms with Crippen molar-refractivity contribution in [2.75, 3.05) is 20.3 Å². The van der Waals surface area contributed by atoms with Gasteiger partial charge in [-0.1, -0.05) is 55.1 Å². The van der Waals surface area contributed by atoms with Gasteiger partial charge in [-0.15, -0.1) is 0 Å². The van der Waals surface area contributed by atoms with E-state index < -0.39 is 11.9 Å². The van der Waals surface area contributed by atoms with E-state index in [9.17, 15) is 10.1 Å². The first kappa shape index (κ1) is 29.9. The fourth-order valence-corrected chi connectivity index (χ4v) is 5.08. The number of allylic oxidation sites excluding steroid dienone is 1. The second kappa shape index (κ2) is 13.5. The largest absolute Gasteiger partial charge is 0.493 e. The first-order chi connectivity index (χ1) is 19.8. The van der Waals surface area contributed by atoms with Crippen LogP contribution in [0.25, 0.3) is 0 Å². The summed E-state index contributed by atoms with van der Waals surface area (Å²) in [6.07, 6.45) is 3.12. The molecular weight excluding hydrogens is 567 g/mol. The molecule has 0 bridgehead atoms. The molecule has 3 aromatic rings. The van der Waals surface area contributed by atoms with E-state index in [-0.39, 0.29) is 32.8 Å². The van der Waals surface area contributed by atoms with E-state index in [1.165, 1.54) is 12.1 Å². The van der Waals surface area contributed by atoms with Gasteiger partial charge in [0.1, 0.15) is 23.1 Å². The van der Waals surface area contributed by atoms with E-state index in [1.54, 1.807) is 32.2 Å². The number of carbonyl (C=O) groups excluding carboxylic acids is 1. The van der Waals surface area contributed by atoms with Crippen LogP contribution in [0.4, 0.5) is 0 Å². The molecule has 1 aliphatic heterocycles. The molecule has 4 rings (SSSR count). The molecular formula is C31H30Cl2N2O6. The standard InChI is InChI=1S/C31H30Cl2N2O6/c1-4-6-7-12-39-25-11-8-18(15-27(25)37-3)28-21-10-9-20(16-26(21)41-30(35)22(28)17-34)40-31(36)19-13-23(32)29(38-5-2)24(33)14-19/h8-11,13-16,28H,4-7,12,35H2,1-3H3. The Hall–Kier alpha value is -4.06. The highest BCUT2D eigenvalue weighted by atomic mass is 35.5. The molecule has 1 heterocycles. The normalized spacial score (nSPS) is 14.0. The lowest BCUT2D eigenvalue weighted by Gasteiger charge is -2.27. The van der Waals surface area contributed by atoms with Crippen LogP contribution in [0, 0.1) is 11.3 Å². The fourth-order valence-electron chi connectivity index (χ4n) is 4.49. The van der Waals surface area contributed by atoms with Crippen molar-refractivity contribution >= 4 is 29.2 Å². The van der Waals surface area contributed by atoms with Crippen LogP contribution in [0.1, 0.15) is 60.5 Å². The molecule has 1 atom stereocenters. The van der Waals surface area contributed by atoms with Gasteiger partial charge in [0.25, 0.3) is 0 Å². The number of ether oxygens (including phenoxy) is 5. The molecule has 10 heteroatoms. The number of hydrogen-bond acceptors (Lipinski definition) is 8. The zero-order valence-corrected chi connectivity index (χ0v) is 24.5. The van der Waals surface area contributed by atoms with Gasteiger partial charge in [0.2, 0.25) is 5.88 Å². The smallest absolute Gasteiger partial charge is 0.343 e. The van der Waals surface area contributed by atoms with Gasteiger partial charge >= 0.3 is 5.97 Å². The lowest BCUT2D eigenvalue weighted by molar-refractivity contribution is 0.0734. The molecule has 0 fully saturated rings. The van der Waals surface area contributed by atoms with Gasteiger partial charge in [0.15, 0.2) is 17.2 Å². The summed E-state index contributed by atoms with van der Waals surface area (Å²) in [6.45, 7) is 4.88. The second-order valence-corrected chi connectivity index (χ2v) is 10.00. The van der Waals surface area contributed by atoms with Crippen molar-refractivity contribution in [3.8, 4) is 34.8 Å². The Morgan fingerprint density at radius 3 is 2.44 bits per heavy atom. The molecule has 3 aromatic carbocycles. The number of benzene rings is 3. The average Bonchev–Trinajstić information content (AvgIpc) is 2.96. The highest BCUT2D eigenvalue weighted by molar-refractivity contribution is 6.37. The number of methoxy groups -OCH3 is 1. The second-order valence-electron chi connectivity index (χ2n) is 9.18. The molecule has 0 amide bonds. The molecule has 41 heavy (non-hydrogen) atoms. The van der Waals surface area contributed by atoms with Crippen molar-refractivity contribution in [3.63, 3.8) is 0 Å². The molecule has 0 spiro atoms. The Balaban J connectivity index is 1.62. The molecule has 2 N–H and O–H groups in total. The minimum absolute atomic E-state index is 0.0441. The highest BCUT2D eigenvalue weighted by Crippen LogP contribution is 2.45. The molecule has 1 aliphatic rings. The first-order valence-electron chi connectivity index (χ1n) is 13.2. The van der Waals surface area contributed by atoms with Gasteiger partial charge in [0.05, 0.1) is 41.9 Å². The summed E-state index contributed by atoms with van der Waals surface area (Å²) in [4.78, 5) is 12.9. The monoisotopic (exact) mass is 596 g/mol. The molecule has 1 unspecified atom stereocenters. The van der Waals surface area contributed by atoms with E-state index >= 15 is 0 Å². The zero-order valence-electron chi connectivity index (χ0n) is 23.0. The van der Waals surface area contributed by atoms with Gasteiger partial charge in [-0.25, -0.2) is 4.79 Å². The lowest BCUT2D eigenvalue weighted by Crippen LogP contribution is -2.21. The molecule has 0 saturated carbocycles. The topological polar surface area (TPSA) is 113 Å². The quantitative estimate of drug-likeness (QED) is 0.138. The van der Waals surface area contributed by atoms with Gasteiger partial charge in [-0.2, -0.15) is 5.26 Å². The van der Waals surface area contributed by atoms with Crippen molar-refractivity contribution in [2.24, 2.45) is 5.73 Å². The van der Waals surface area contributed by atoms with Crippen LogP contribution in [-0.4, -0.2) is 26.3 Å². The summed E-state index contributed by atoms with van der Waals surface area (Å²) < 4.78 is 28.3. The Morgan fingerprint density at radius 1 is 1.02 bits per heavy atom. The molecule has 0 aliphatic carbocycles. The third-order valence-corrected chi connectivity index (χ3v) is 7.01. The van der Waals surface area contributed by atoms with Crippen molar-refractivity contribution in [2.45, 2.75) is 39.0 Å².